The topological polar surface area (TPSA) is 61.4 Å². The molecule has 1 aromatic rings. The number of hydrogen-bond acceptors (Lipinski definition) is 4. The molecular weight excluding hydrogens is 310 g/mol. The van der Waals surface area contributed by atoms with E-state index in [1.807, 2.05) is 13.0 Å². The van der Waals surface area contributed by atoms with Crippen LogP contribution in [0.4, 0.5) is 0 Å². The Morgan fingerprint density at radius 2 is 1.95 bits per heavy atom. The summed E-state index contributed by atoms with van der Waals surface area (Å²) >= 11 is 6.07. The van der Waals surface area contributed by atoms with Gasteiger partial charge in [-0.05, 0) is 37.1 Å². The molecule has 1 aromatic carbocycles. The lowest BCUT2D eigenvalue weighted by atomic mass is 10.2. The molecule has 1 saturated heterocycles. The van der Waals surface area contributed by atoms with E-state index in [9.17, 15) is 8.42 Å². The monoisotopic (exact) mass is 331 g/mol. The summed E-state index contributed by atoms with van der Waals surface area (Å²) in [6.07, 6.45) is 3.17. The van der Waals surface area contributed by atoms with Crippen molar-refractivity contribution in [3.63, 3.8) is 0 Å². The van der Waals surface area contributed by atoms with Crippen molar-refractivity contribution in [3.8, 4) is 0 Å². The minimum Gasteiger partial charge on any atom is -0.313 e. The lowest BCUT2D eigenvalue weighted by Crippen LogP contribution is -2.45. The van der Waals surface area contributed by atoms with E-state index >= 15 is 0 Å². The average Bonchev–Trinajstić information content (AvgIpc) is 2.47. The highest BCUT2D eigenvalue weighted by Crippen LogP contribution is 2.23. The highest BCUT2D eigenvalue weighted by molar-refractivity contribution is 7.89. The molecule has 2 N–H and O–H groups in total. The summed E-state index contributed by atoms with van der Waals surface area (Å²) in [6, 6.07) is 5.11. The van der Waals surface area contributed by atoms with Crippen molar-refractivity contribution in [1.29, 1.82) is 0 Å². The lowest BCUT2D eigenvalue weighted by molar-refractivity contribution is 0.200. The number of nitrogens with zero attached hydrogens (tertiary/aromatic N) is 1. The second-order valence-corrected chi connectivity index (χ2v) is 7.22. The Kier molecular flexibility index (Phi) is 6.01. The van der Waals surface area contributed by atoms with Gasteiger partial charge in [-0.2, -0.15) is 0 Å². The molecule has 2 rings (SSSR count). The van der Waals surface area contributed by atoms with Gasteiger partial charge in [0.25, 0.3) is 10.0 Å². The number of rotatable bonds is 6. The summed E-state index contributed by atoms with van der Waals surface area (Å²) in [5, 5.41) is 5.18. The van der Waals surface area contributed by atoms with Crippen molar-refractivity contribution >= 4 is 21.6 Å². The first-order chi connectivity index (χ1) is 10.0. The van der Waals surface area contributed by atoms with E-state index < -0.39 is 10.0 Å². The van der Waals surface area contributed by atoms with E-state index in [1.54, 1.807) is 17.1 Å². The average molecular weight is 332 g/mol. The van der Waals surface area contributed by atoms with Crippen LogP contribution in [0.1, 0.15) is 31.7 Å². The zero-order chi connectivity index (χ0) is 15.3. The molecule has 21 heavy (non-hydrogen) atoms. The normalized spacial score (nSPS) is 17.0. The third-order valence-corrected chi connectivity index (χ3v) is 5.33. The first kappa shape index (κ1) is 16.7. The van der Waals surface area contributed by atoms with E-state index in [4.69, 9.17) is 11.6 Å². The Hall–Kier alpha value is -0.660. The maximum Gasteiger partial charge on any atom is 0.254 e. The van der Waals surface area contributed by atoms with Gasteiger partial charge in [-0.15, -0.1) is 4.83 Å². The van der Waals surface area contributed by atoms with Gasteiger partial charge < -0.3 is 5.32 Å². The maximum atomic E-state index is 12.5. The molecule has 7 heteroatoms. The SMILES string of the molecule is CCNCc1ccc(Cl)c(S(=O)(=O)NN2CCCCC2)c1. The van der Waals surface area contributed by atoms with Gasteiger partial charge in [-0.1, -0.05) is 31.0 Å². The van der Waals surface area contributed by atoms with Crippen LogP contribution < -0.4 is 10.1 Å². The number of piperidine rings is 1. The van der Waals surface area contributed by atoms with Crippen molar-refractivity contribution < 1.29 is 8.42 Å². The smallest absolute Gasteiger partial charge is 0.254 e. The molecule has 5 nitrogen and oxygen atoms in total. The highest BCUT2D eigenvalue weighted by Gasteiger charge is 2.22. The maximum absolute atomic E-state index is 12.5. The number of nitrogens with one attached hydrogen (secondary N) is 2. The Balaban J connectivity index is 2.17. The van der Waals surface area contributed by atoms with Gasteiger partial charge in [0.05, 0.1) is 5.02 Å². The van der Waals surface area contributed by atoms with Gasteiger partial charge in [-0.3, -0.25) is 0 Å². The molecule has 0 atom stereocenters. The number of hydrazine groups is 1. The molecule has 0 amide bonds. The summed E-state index contributed by atoms with van der Waals surface area (Å²) in [5.41, 5.74) is 0.903. The molecule has 1 fully saturated rings. The van der Waals surface area contributed by atoms with Crippen LogP contribution in [0, 0.1) is 0 Å². The van der Waals surface area contributed by atoms with Crippen molar-refractivity contribution in [2.45, 2.75) is 37.6 Å². The van der Waals surface area contributed by atoms with Crippen LogP contribution in [0.5, 0.6) is 0 Å². The van der Waals surface area contributed by atoms with Crippen LogP contribution in [0.15, 0.2) is 23.1 Å². The van der Waals surface area contributed by atoms with E-state index in [-0.39, 0.29) is 9.92 Å². The Bertz CT molecular complexity index is 572. The third-order valence-electron chi connectivity index (χ3n) is 3.47. The summed E-state index contributed by atoms with van der Waals surface area (Å²) in [6.45, 7) is 4.95. The number of benzene rings is 1. The fourth-order valence-corrected chi connectivity index (χ4v) is 4.01. The first-order valence-corrected chi connectivity index (χ1v) is 9.15. The largest absolute Gasteiger partial charge is 0.313 e. The Morgan fingerprint density at radius 3 is 2.62 bits per heavy atom. The Labute approximate surface area is 131 Å². The minimum absolute atomic E-state index is 0.144. The quantitative estimate of drug-likeness (QED) is 0.838. The third kappa shape index (κ3) is 4.66. The van der Waals surface area contributed by atoms with E-state index in [0.29, 0.717) is 6.54 Å². The van der Waals surface area contributed by atoms with Gasteiger partial charge in [0.1, 0.15) is 4.90 Å². The molecular formula is C14H22ClN3O2S. The van der Waals surface area contributed by atoms with E-state index in [2.05, 4.69) is 10.1 Å². The number of sulfonamides is 1. The van der Waals surface area contributed by atoms with Gasteiger partial charge in [-0.25, -0.2) is 13.4 Å². The zero-order valence-corrected chi connectivity index (χ0v) is 13.8. The predicted octanol–water partition coefficient (Wildman–Crippen LogP) is 2.13. The van der Waals surface area contributed by atoms with Crippen LogP contribution in [0.2, 0.25) is 5.02 Å². The fourth-order valence-electron chi connectivity index (χ4n) is 2.34. The van der Waals surface area contributed by atoms with Crippen molar-refractivity contribution in [2.75, 3.05) is 19.6 Å². The molecule has 0 unspecified atom stereocenters. The van der Waals surface area contributed by atoms with Crippen molar-refractivity contribution in [2.24, 2.45) is 0 Å². The molecule has 0 saturated carbocycles. The molecule has 0 spiro atoms. The van der Waals surface area contributed by atoms with Gasteiger partial charge in [0.2, 0.25) is 0 Å². The fraction of sp³-hybridized carbons (Fsp3) is 0.571. The molecule has 1 aliphatic heterocycles. The standard InChI is InChI=1S/C14H22ClN3O2S/c1-2-16-11-12-6-7-13(15)14(10-12)21(19,20)17-18-8-4-3-5-9-18/h6-7,10,16-17H,2-5,8-9,11H2,1H3. The first-order valence-electron chi connectivity index (χ1n) is 7.29. The van der Waals surface area contributed by atoms with E-state index in [1.165, 1.54) is 0 Å². The van der Waals surface area contributed by atoms with Crippen LogP contribution >= 0.6 is 11.6 Å². The summed E-state index contributed by atoms with van der Waals surface area (Å²) in [4.78, 5) is 2.78. The second kappa shape index (κ2) is 7.56. The molecule has 0 aromatic heterocycles. The highest BCUT2D eigenvalue weighted by atomic mass is 35.5. The van der Waals surface area contributed by atoms with Crippen LogP contribution in [-0.2, 0) is 16.6 Å². The minimum atomic E-state index is -3.62. The number of halogens is 1. The molecule has 118 valence electrons. The van der Waals surface area contributed by atoms with Crippen molar-refractivity contribution in [1.82, 2.24) is 15.2 Å². The summed E-state index contributed by atoms with van der Waals surface area (Å²) in [5.74, 6) is 0. The van der Waals surface area contributed by atoms with Gasteiger partial charge in [0.15, 0.2) is 0 Å². The van der Waals surface area contributed by atoms with Crippen LogP contribution in [-0.4, -0.2) is 33.1 Å². The zero-order valence-electron chi connectivity index (χ0n) is 12.2. The summed E-state index contributed by atoms with van der Waals surface area (Å²) < 4.78 is 25.0. The Morgan fingerprint density at radius 1 is 1.24 bits per heavy atom. The van der Waals surface area contributed by atoms with Gasteiger partial charge in [0, 0.05) is 19.6 Å². The van der Waals surface area contributed by atoms with E-state index in [0.717, 1.165) is 44.5 Å². The molecule has 1 aliphatic rings. The molecule has 0 aliphatic carbocycles. The number of hydrogen-bond donors (Lipinski definition) is 2. The van der Waals surface area contributed by atoms with Crippen LogP contribution in [0.25, 0.3) is 0 Å². The lowest BCUT2D eigenvalue weighted by Gasteiger charge is -2.26. The van der Waals surface area contributed by atoms with Crippen molar-refractivity contribution in [3.05, 3.63) is 28.8 Å². The summed E-state index contributed by atoms with van der Waals surface area (Å²) in [7, 11) is -3.62. The molecule has 1 heterocycles. The predicted molar refractivity (Wildman–Crippen MR) is 84.6 cm³/mol. The second-order valence-electron chi connectivity index (χ2n) is 5.19. The van der Waals surface area contributed by atoms with Gasteiger partial charge >= 0.3 is 0 Å². The van der Waals surface area contributed by atoms with Crippen LogP contribution in [0.3, 0.4) is 0 Å². The molecule has 0 bridgehead atoms. The molecule has 0 radical (unpaired) electrons.